The second kappa shape index (κ2) is 10.3. The van der Waals surface area contributed by atoms with Crippen LogP contribution in [0.3, 0.4) is 0 Å². The van der Waals surface area contributed by atoms with Gasteiger partial charge in [-0.2, -0.15) is 0 Å². The maximum atomic E-state index is 13.8. The highest BCUT2D eigenvalue weighted by Gasteiger charge is 2.35. The Bertz CT molecular complexity index is 719. The maximum absolute atomic E-state index is 13.8. The van der Waals surface area contributed by atoms with E-state index in [-0.39, 0.29) is 30.3 Å². The molecule has 0 saturated heterocycles. The van der Waals surface area contributed by atoms with Crippen LogP contribution >= 0.6 is 0 Å². The summed E-state index contributed by atoms with van der Waals surface area (Å²) >= 11 is 0. The van der Waals surface area contributed by atoms with Crippen LogP contribution in [0.1, 0.15) is 45.6 Å². The number of nitrogens with two attached hydrogens (primary N) is 1. The molecule has 1 aromatic carbocycles. The Morgan fingerprint density at radius 3 is 2.57 bits per heavy atom. The number of benzene rings is 1. The van der Waals surface area contributed by atoms with Crippen LogP contribution in [0, 0.1) is 5.82 Å². The monoisotopic (exact) mass is 391 g/mol. The van der Waals surface area contributed by atoms with Crippen LogP contribution < -0.4 is 16.4 Å². The summed E-state index contributed by atoms with van der Waals surface area (Å²) in [5.41, 5.74) is 7.16. The summed E-state index contributed by atoms with van der Waals surface area (Å²) in [5.74, 6) is -0.865. The maximum Gasteiger partial charge on any atom is 0.247 e. The number of nitrogens with one attached hydrogen (secondary N) is 2. The van der Waals surface area contributed by atoms with Crippen molar-refractivity contribution in [2.24, 2.45) is 5.73 Å². The van der Waals surface area contributed by atoms with Crippen molar-refractivity contribution in [1.82, 2.24) is 10.6 Å². The van der Waals surface area contributed by atoms with Gasteiger partial charge in [-0.1, -0.05) is 32.0 Å². The molecular weight excluding hydrogens is 361 g/mol. The smallest absolute Gasteiger partial charge is 0.247 e. The van der Waals surface area contributed by atoms with Gasteiger partial charge in [0.25, 0.3) is 0 Å². The van der Waals surface area contributed by atoms with E-state index in [1.54, 1.807) is 24.3 Å². The zero-order valence-electron chi connectivity index (χ0n) is 16.7. The summed E-state index contributed by atoms with van der Waals surface area (Å²) in [4.78, 5) is 24.2. The topological polar surface area (TPSA) is 93.4 Å². The van der Waals surface area contributed by atoms with Gasteiger partial charge in [-0.3, -0.25) is 9.59 Å². The van der Waals surface area contributed by atoms with Gasteiger partial charge in [0.15, 0.2) is 0 Å². The van der Waals surface area contributed by atoms with E-state index in [9.17, 15) is 14.0 Å². The Balaban J connectivity index is 2.14. The van der Waals surface area contributed by atoms with Gasteiger partial charge in [0.1, 0.15) is 5.82 Å². The first kappa shape index (κ1) is 22.0. The quantitative estimate of drug-likeness (QED) is 0.633. The van der Waals surface area contributed by atoms with Crippen molar-refractivity contribution in [2.45, 2.75) is 70.9 Å². The van der Waals surface area contributed by atoms with E-state index in [0.29, 0.717) is 17.6 Å². The molecule has 6 nitrogen and oxygen atoms in total. The van der Waals surface area contributed by atoms with Crippen LogP contribution in [-0.2, 0) is 20.9 Å². The lowest BCUT2D eigenvalue weighted by atomic mass is 9.87. The second-order valence-electron chi connectivity index (χ2n) is 7.10. The number of hydrogen-bond acceptors (Lipinski definition) is 4. The standard InChI is InChI=1S/C21H30FN3O3/c1-4-16(5-2)28-19-11-15(10-18(23)20(19)25-13(3)26)21(27)24-12-14-8-6-7-9-17(14)22/h6-9,11,16,18-20H,4-5,10,12,23H2,1-3H3,(H,24,27)(H,25,26)/t18-,19+,20+/m0/s1. The van der Waals surface area contributed by atoms with Crippen LogP contribution in [0.2, 0.25) is 0 Å². The minimum Gasteiger partial charge on any atom is -0.369 e. The van der Waals surface area contributed by atoms with Gasteiger partial charge in [-0.15, -0.1) is 0 Å². The summed E-state index contributed by atoms with van der Waals surface area (Å²) in [7, 11) is 0. The Labute approximate surface area is 165 Å². The molecule has 0 spiro atoms. The lowest BCUT2D eigenvalue weighted by Crippen LogP contribution is -2.57. The number of carbonyl (C=O) groups excluding carboxylic acids is 2. The van der Waals surface area contributed by atoms with E-state index in [1.165, 1.54) is 13.0 Å². The first-order valence-electron chi connectivity index (χ1n) is 9.76. The van der Waals surface area contributed by atoms with Crippen molar-refractivity contribution in [3.05, 3.63) is 47.3 Å². The number of ether oxygens (including phenoxy) is 1. The molecule has 0 aromatic heterocycles. The SMILES string of the molecule is CCC(CC)O[C@@H]1C=C(C(=O)NCc2ccccc2F)C[C@H](N)[C@H]1NC(C)=O. The zero-order valence-corrected chi connectivity index (χ0v) is 16.7. The van der Waals surface area contributed by atoms with Crippen LogP contribution in [-0.4, -0.2) is 36.1 Å². The summed E-state index contributed by atoms with van der Waals surface area (Å²) in [5, 5.41) is 5.59. The minimum absolute atomic E-state index is 0.00512. The van der Waals surface area contributed by atoms with Gasteiger partial charge in [-0.25, -0.2) is 4.39 Å². The summed E-state index contributed by atoms with van der Waals surface area (Å²) < 4.78 is 19.9. The third-order valence-corrected chi connectivity index (χ3v) is 4.96. The number of rotatable bonds is 8. The van der Waals surface area contributed by atoms with Gasteiger partial charge < -0.3 is 21.1 Å². The Hall–Kier alpha value is -2.25. The first-order valence-corrected chi connectivity index (χ1v) is 9.76. The molecule has 0 heterocycles. The average molecular weight is 391 g/mol. The predicted octanol–water partition coefficient (Wildman–Crippen LogP) is 2.18. The normalized spacial score (nSPS) is 21.9. The molecule has 0 bridgehead atoms. The Kier molecular flexibility index (Phi) is 8.14. The largest absolute Gasteiger partial charge is 0.369 e. The van der Waals surface area contributed by atoms with E-state index >= 15 is 0 Å². The van der Waals surface area contributed by atoms with E-state index in [4.69, 9.17) is 10.5 Å². The average Bonchev–Trinajstić information content (AvgIpc) is 2.67. The molecule has 1 aliphatic rings. The van der Waals surface area contributed by atoms with Crippen LogP contribution in [0.15, 0.2) is 35.9 Å². The Morgan fingerprint density at radius 2 is 1.96 bits per heavy atom. The van der Waals surface area contributed by atoms with Crippen molar-refractivity contribution in [3.63, 3.8) is 0 Å². The zero-order chi connectivity index (χ0) is 20.7. The second-order valence-corrected chi connectivity index (χ2v) is 7.10. The fourth-order valence-electron chi connectivity index (χ4n) is 3.34. The summed E-state index contributed by atoms with van der Waals surface area (Å²) in [6, 6.07) is 5.45. The molecule has 0 radical (unpaired) electrons. The van der Waals surface area contributed by atoms with E-state index in [2.05, 4.69) is 10.6 Å². The highest BCUT2D eigenvalue weighted by molar-refractivity contribution is 5.93. The van der Waals surface area contributed by atoms with E-state index < -0.39 is 18.2 Å². The molecule has 1 aromatic rings. The van der Waals surface area contributed by atoms with Crippen LogP contribution in [0.25, 0.3) is 0 Å². The highest BCUT2D eigenvalue weighted by Crippen LogP contribution is 2.23. The molecular formula is C21H30FN3O3. The third kappa shape index (κ3) is 5.87. The van der Waals surface area contributed by atoms with E-state index in [0.717, 1.165) is 12.8 Å². The van der Waals surface area contributed by atoms with Gasteiger partial charge in [0.2, 0.25) is 11.8 Å². The van der Waals surface area contributed by atoms with Crippen molar-refractivity contribution >= 4 is 11.8 Å². The van der Waals surface area contributed by atoms with Crippen LogP contribution in [0.5, 0.6) is 0 Å². The molecule has 2 rings (SSSR count). The Morgan fingerprint density at radius 1 is 1.29 bits per heavy atom. The molecule has 1 aliphatic carbocycles. The van der Waals surface area contributed by atoms with Gasteiger partial charge >= 0.3 is 0 Å². The van der Waals surface area contributed by atoms with Crippen LogP contribution in [0.4, 0.5) is 4.39 Å². The molecule has 0 aliphatic heterocycles. The number of amides is 2. The lowest BCUT2D eigenvalue weighted by Gasteiger charge is -2.36. The first-order chi connectivity index (χ1) is 13.3. The predicted molar refractivity (Wildman–Crippen MR) is 106 cm³/mol. The van der Waals surface area contributed by atoms with Crippen molar-refractivity contribution in [3.8, 4) is 0 Å². The summed E-state index contributed by atoms with van der Waals surface area (Å²) in [6.45, 7) is 5.57. The number of hydrogen-bond donors (Lipinski definition) is 3. The molecule has 28 heavy (non-hydrogen) atoms. The van der Waals surface area contributed by atoms with Gasteiger partial charge in [0.05, 0.1) is 18.2 Å². The molecule has 154 valence electrons. The fourth-order valence-corrected chi connectivity index (χ4v) is 3.34. The molecule has 0 saturated carbocycles. The number of carbonyl (C=O) groups is 2. The van der Waals surface area contributed by atoms with Crippen molar-refractivity contribution in [2.75, 3.05) is 0 Å². The van der Waals surface area contributed by atoms with Gasteiger partial charge in [-0.05, 0) is 31.4 Å². The van der Waals surface area contributed by atoms with Crippen molar-refractivity contribution < 1.29 is 18.7 Å². The highest BCUT2D eigenvalue weighted by atomic mass is 19.1. The molecule has 4 N–H and O–H groups in total. The third-order valence-electron chi connectivity index (χ3n) is 4.96. The van der Waals surface area contributed by atoms with E-state index in [1.807, 2.05) is 13.8 Å². The molecule has 2 amide bonds. The van der Waals surface area contributed by atoms with Gasteiger partial charge in [0, 0.05) is 30.6 Å². The van der Waals surface area contributed by atoms with Crippen molar-refractivity contribution in [1.29, 1.82) is 0 Å². The molecule has 0 fully saturated rings. The summed E-state index contributed by atoms with van der Waals surface area (Å²) in [6.07, 6.45) is 3.18. The lowest BCUT2D eigenvalue weighted by molar-refractivity contribution is -0.121. The molecule has 0 unspecified atom stereocenters. The fraction of sp³-hybridized carbons (Fsp3) is 0.524. The number of halogens is 1. The minimum atomic E-state index is -0.494. The molecule has 7 heteroatoms. The molecule has 3 atom stereocenters.